The molecule has 0 unspecified atom stereocenters. The maximum Gasteiger partial charge on any atom is 0.295 e. The SMILES string of the molecule is COc1cc(Br)cc2[nH]c(C(F)F)nc12. The largest absolute Gasteiger partial charge is 0.494 e. The molecule has 80 valence electrons. The fraction of sp³-hybridized carbons (Fsp3) is 0.222. The summed E-state index contributed by atoms with van der Waals surface area (Å²) in [6.45, 7) is 0. The van der Waals surface area contributed by atoms with Gasteiger partial charge in [-0.3, -0.25) is 0 Å². The summed E-state index contributed by atoms with van der Waals surface area (Å²) in [4.78, 5) is 6.31. The van der Waals surface area contributed by atoms with Gasteiger partial charge in [-0.1, -0.05) is 15.9 Å². The number of alkyl halides is 2. The molecular weight excluding hydrogens is 270 g/mol. The number of H-pyrrole nitrogens is 1. The van der Waals surface area contributed by atoms with Crippen molar-refractivity contribution in [3.05, 3.63) is 22.4 Å². The summed E-state index contributed by atoms with van der Waals surface area (Å²) < 4.78 is 30.6. The number of methoxy groups -OCH3 is 1. The first-order chi connectivity index (χ1) is 7.11. The van der Waals surface area contributed by atoms with Crippen LogP contribution in [0.5, 0.6) is 5.75 Å². The van der Waals surface area contributed by atoms with Gasteiger partial charge in [0.1, 0.15) is 11.3 Å². The highest BCUT2D eigenvalue weighted by atomic mass is 79.9. The smallest absolute Gasteiger partial charge is 0.295 e. The van der Waals surface area contributed by atoms with E-state index in [2.05, 4.69) is 25.9 Å². The van der Waals surface area contributed by atoms with E-state index in [1.807, 2.05) is 0 Å². The Morgan fingerprint density at radius 2 is 2.20 bits per heavy atom. The van der Waals surface area contributed by atoms with Crippen LogP contribution in [0.25, 0.3) is 11.0 Å². The Labute approximate surface area is 92.6 Å². The van der Waals surface area contributed by atoms with Crippen molar-refractivity contribution in [2.45, 2.75) is 6.43 Å². The highest BCUT2D eigenvalue weighted by Crippen LogP contribution is 2.30. The monoisotopic (exact) mass is 276 g/mol. The number of rotatable bonds is 2. The van der Waals surface area contributed by atoms with Gasteiger partial charge in [-0.05, 0) is 12.1 Å². The highest BCUT2D eigenvalue weighted by molar-refractivity contribution is 9.10. The Morgan fingerprint density at radius 1 is 1.47 bits per heavy atom. The molecule has 0 radical (unpaired) electrons. The molecule has 1 N–H and O–H groups in total. The third-order valence-corrected chi connectivity index (χ3v) is 2.42. The van der Waals surface area contributed by atoms with Crippen molar-refractivity contribution in [2.24, 2.45) is 0 Å². The molecule has 0 fully saturated rings. The molecule has 3 nitrogen and oxygen atoms in total. The van der Waals surface area contributed by atoms with Crippen LogP contribution in [-0.2, 0) is 0 Å². The lowest BCUT2D eigenvalue weighted by Crippen LogP contribution is -1.86. The lowest BCUT2D eigenvalue weighted by atomic mass is 10.3. The van der Waals surface area contributed by atoms with Gasteiger partial charge in [0.2, 0.25) is 0 Å². The van der Waals surface area contributed by atoms with Crippen LogP contribution in [0, 0.1) is 0 Å². The third-order valence-electron chi connectivity index (χ3n) is 1.96. The molecule has 2 rings (SSSR count). The van der Waals surface area contributed by atoms with Crippen molar-refractivity contribution in [3.63, 3.8) is 0 Å². The van der Waals surface area contributed by atoms with Gasteiger partial charge in [0, 0.05) is 4.47 Å². The molecule has 0 aliphatic rings. The van der Waals surface area contributed by atoms with Gasteiger partial charge in [-0.2, -0.15) is 0 Å². The van der Waals surface area contributed by atoms with Crippen molar-refractivity contribution in [3.8, 4) is 5.75 Å². The zero-order valence-electron chi connectivity index (χ0n) is 7.72. The molecular formula is C9H7BrF2N2O. The predicted octanol–water partition coefficient (Wildman–Crippen LogP) is 3.27. The van der Waals surface area contributed by atoms with Crippen molar-refractivity contribution in [1.82, 2.24) is 9.97 Å². The summed E-state index contributed by atoms with van der Waals surface area (Å²) >= 11 is 3.26. The summed E-state index contributed by atoms with van der Waals surface area (Å²) in [5.74, 6) is 0.115. The molecule has 2 aromatic rings. The molecule has 0 saturated carbocycles. The topological polar surface area (TPSA) is 37.9 Å². The number of nitrogens with zero attached hydrogens (tertiary/aromatic N) is 1. The fourth-order valence-electron chi connectivity index (χ4n) is 1.33. The van der Waals surface area contributed by atoms with Crippen LogP contribution in [0.2, 0.25) is 0 Å². The van der Waals surface area contributed by atoms with E-state index in [9.17, 15) is 8.78 Å². The van der Waals surface area contributed by atoms with E-state index < -0.39 is 6.43 Å². The summed E-state index contributed by atoms with van der Waals surface area (Å²) in [5, 5.41) is 0. The minimum absolute atomic E-state index is 0.346. The second-order valence-corrected chi connectivity index (χ2v) is 3.84. The van der Waals surface area contributed by atoms with E-state index in [0.29, 0.717) is 16.8 Å². The predicted molar refractivity (Wildman–Crippen MR) is 55.3 cm³/mol. The van der Waals surface area contributed by atoms with Crippen LogP contribution in [0.1, 0.15) is 12.2 Å². The molecule has 15 heavy (non-hydrogen) atoms. The molecule has 0 spiro atoms. The number of nitrogens with one attached hydrogen (secondary N) is 1. The van der Waals surface area contributed by atoms with Crippen LogP contribution in [-0.4, -0.2) is 17.1 Å². The molecule has 6 heteroatoms. The first-order valence-corrected chi connectivity index (χ1v) is 4.92. The van der Waals surface area contributed by atoms with Crippen molar-refractivity contribution < 1.29 is 13.5 Å². The Morgan fingerprint density at radius 3 is 2.80 bits per heavy atom. The van der Waals surface area contributed by atoms with Crippen molar-refractivity contribution in [2.75, 3.05) is 7.11 Å². The summed E-state index contributed by atoms with van der Waals surface area (Å²) in [6, 6.07) is 3.36. The Hall–Kier alpha value is -1.17. The molecule has 0 aliphatic heterocycles. The molecule has 1 aromatic heterocycles. The Bertz CT molecular complexity index is 498. The lowest BCUT2D eigenvalue weighted by Gasteiger charge is -2.00. The van der Waals surface area contributed by atoms with E-state index in [1.54, 1.807) is 12.1 Å². The van der Waals surface area contributed by atoms with Crippen LogP contribution in [0.15, 0.2) is 16.6 Å². The fourth-order valence-corrected chi connectivity index (χ4v) is 1.77. The lowest BCUT2D eigenvalue weighted by molar-refractivity contribution is 0.142. The number of aromatic amines is 1. The first kappa shape index (κ1) is 10.4. The van der Waals surface area contributed by atoms with Gasteiger partial charge in [0.05, 0.1) is 12.6 Å². The van der Waals surface area contributed by atoms with Gasteiger partial charge in [0.25, 0.3) is 6.43 Å². The van der Waals surface area contributed by atoms with E-state index in [0.717, 1.165) is 4.47 Å². The summed E-state index contributed by atoms with van der Waals surface area (Å²) in [7, 11) is 1.47. The van der Waals surface area contributed by atoms with E-state index in [-0.39, 0.29) is 5.82 Å². The molecule has 1 aromatic carbocycles. The van der Waals surface area contributed by atoms with Gasteiger partial charge in [-0.15, -0.1) is 0 Å². The van der Waals surface area contributed by atoms with Gasteiger partial charge in [0.15, 0.2) is 5.82 Å². The molecule has 0 amide bonds. The van der Waals surface area contributed by atoms with Gasteiger partial charge >= 0.3 is 0 Å². The van der Waals surface area contributed by atoms with Gasteiger partial charge < -0.3 is 9.72 Å². The minimum atomic E-state index is -2.61. The molecule has 0 aliphatic carbocycles. The number of ether oxygens (including phenoxy) is 1. The number of benzene rings is 1. The maximum absolute atomic E-state index is 12.4. The average Bonchev–Trinajstić information content (AvgIpc) is 2.59. The van der Waals surface area contributed by atoms with Crippen LogP contribution in [0.3, 0.4) is 0 Å². The standard InChI is InChI=1S/C9H7BrF2N2O/c1-15-6-3-4(10)2-5-7(6)14-9(13-5)8(11)12/h2-3,8H,1H3,(H,13,14). The van der Waals surface area contributed by atoms with Crippen LogP contribution >= 0.6 is 15.9 Å². The first-order valence-electron chi connectivity index (χ1n) is 4.13. The van der Waals surface area contributed by atoms with E-state index in [1.165, 1.54) is 7.11 Å². The summed E-state index contributed by atoms with van der Waals surface area (Å²) in [6.07, 6.45) is -2.61. The molecule has 0 saturated heterocycles. The van der Waals surface area contributed by atoms with Crippen LogP contribution in [0.4, 0.5) is 8.78 Å². The van der Waals surface area contributed by atoms with Crippen molar-refractivity contribution in [1.29, 1.82) is 0 Å². The zero-order chi connectivity index (χ0) is 11.0. The number of hydrogen-bond acceptors (Lipinski definition) is 2. The normalized spacial score (nSPS) is 11.3. The average molecular weight is 277 g/mol. The second-order valence-electron chi connectivity index (χ2n) is 2.93. The Balaban J connectivity index is 2.68. The Kier molecular flexibility index (Phi) is 2.60. The molecule has 1 heterocycles. The van der Waals surface area contributed by atoms with Crippen molar-refractivity contribution >= 4 is 27.0 Å². The number of imidazole rings is 1. The van der Waals surface area contributed by atoms with Gasteiger partial charge in [-0.25, -0.2) is 13.8 Å². The van der Waals surface area contributed by atoms with E-state index in [4.69, 9.17) is 4.74 Å². The summed E-state index contributed by atoms with van der Waals surface area (Å²) in [5.41, 5.74) is 0.938. The number of fused-ring (bicyclic) bond motifs is 1. The van der Waals surface area contributed by atoms with Crippen LogP contribution < -0.4 is 4.74 Å². The quantitative estimate of drug-likeness (QED) is 0.914. The third kappa shape index (κ3) is 1.81. The molecule has 0 atom stereocenters. The second kappa shape index (κ2) is 3.77. The number of hydrogen-bond donors (Lipinski definition) is 1. The number of halogens is 3. The molecule has 0 bridgehead atoms. The number of aromatic nitrogens is 2. The van der Waals surface area contributed by atoms with E-state index >= 15 is 0 Å². The minimum Gasteiger partial charge on any atom is -0.494 e. The zero-order valence-corrected chi connectivity index (χ0v) is 9.31. The maximum atomic E-state index is 12.4. The highest BCUT2D eigenvalue weighted by Gasteiger charge is 2.15.